The van der Waals surface area contributed by atoms with Gasteiger partial charge in [-0.3, -0.25) is 14.6 Å². The van der Waals surface area contributed by atoms with Crippen molar-refractivity contribution in [2.24, 2.45) is 0 Å². The van der Waals surface area contributed by atoms with Crippen LogP contribution in [0, 0.1) is 0 Å². The monoisotopic (exact) mass is 360 g/mol. The number of hydrogen-bond acceptors (Lipinski definition) is 5. The van der Waals surface area contributed by atoms with E-state index in [4.69, 9.17) is 4.98 Å². The number of fused-ring (bicyclic) bond motifs is 1. The van der Waals surface area contributed by atoms with Crippen LogP contribution >= 0.6 is 11.3 Å². The van der Waals surface area contributed by atoms with Crippen molar-refractivity contribution < 1.29 is 4.79 Å². The molecule has 1 aromatic carbocycles. The van der Waals surface area contributed by atoms with Crippen molar-refractivity contribution in [3.05, 3.63) is 29.3 Å². The van der Waals surface area contributed by atoms with E-state index >= 15 is 0 Å². The van der Waals surface area contributed by atoms with E-state index in [2.05, 4.69) is 47.2 Å². The number of amides is 1. The van der Waals surface area contributed by atoms with E-state index in [9.17, 15) is 4.79 Å². The molecule has 136 valence electrons. The summed E-state index contributed by atoms with van der Waals surface area (Å²) in [5, 5.41) is 4.31. The Morgan fingerprint density at radius 1 is 1.16 bits per heavy atom. The van der Waals surface area contributed by atoms with Gasteiger partial charge in [-0.05, 0) is 25.0 Å². The van der Waals surface area contributed by atoms with Crippen LogP contribution in [0.2, 0.25) is 0 Å². The van der Waals surface area contributed by atoms with Crippen molar-refractivity contribution in [2.75, 3.05) is 32.7 Å². The van der Waals surface area contributed by atoms with Gasteiger partial charge in [-0.1, -0.05) is 26.0 Å². The highest BCUT2D eigenvalue weighted by molar-refractivity contribution is 7.18. The van der Waals surface area contributed by atoms with Crippen LogP contribution in [-0.4, -0.2) is 59.5 Å². The lowest BCUT2D eigenvalue weighted by molar-refractivity contribution is -0.123. The van der Waals surface area contributed by atoms with Crippen LogP contribution in [0.15, 0.2) is 24.3 Å². The second-order valence-corrected chi connectivity index (χ2v) is 7.82. The Bertz CT molecular complexity index is 657. The Labute approximate surface area is 154 Å². The summed E-state index contributed by atoms with van der Waals surface area (Å²) in [6, 6.07) is 8.62. The van der Waals surface area contributed by atoms with E-state index in [0.29, 0.717) is 12.6 Å². The first-order valence-corrected chi connectivity index (χ1v) is 10.1. The minimum absolute atomic E-state index is 0.160. The van der Waals surface area contributed by atoms with Gasteiger partial charge in [0.05, 0.1) is 23.3 Å². The molecule has 1 aliphatic heterocycles. The van der Waals surface area contributed by atoms with Gasteiger partial charge in [0.25, 0.3) is 0 Å². The second-order valence-electron chi connectivity index (χ2n) is 6.71. The molecule has 0 atom stereocenters. The van der Waals surface area contributed by atoms with Crippen molar-refractivity contribution in [3.8, 4) is 0 Å². The molecule has 3 rings (SSSR count). The van der Waals surface area contributed by atoms with Crippen LogP contribution in [-0.2, 0) is 11.3 Å². The molecule has 2 aromatic rings. The Hall–Kier alpha value is -1.50. The van der Waals surface area contributed by atoms with Gasteiger partial charge in [0.1, 0.15) is 5.01 Å². The lowest BCUT2D eigenvalue weighted by Gasteiger charge is -2.34. The molecule has 0 saturated carbocycles. The number of hydrogen-bond donors (Lipinski definition) is 1. The maximum Gasteiger partial charge on any atom is 0.234 e. The SMILES string of the molecule is CCC(CC)NC(=O)CN1CCN(Cc2nc3ccccc3s2)CC1. The fraction of sp³-hybridized carbons (Fsp3) is 0.579. The van der Waals surface area contributed by atoms with Gasteiger partial charge in [0, 0.05) is 32.2 Å². The Kier molecular flexibility index (Phi) is 6.39. The minimum atomic E-state index is 0.160. The van der Waals surface area contributed by atoms with Gasteiger partial charge >= 0.3 is 0 Å². The van der Waals surface area contributed by atoms with Crippen LogP contribution in [0.3, 0.4) is 0 Å². The van der Waals surface area contributed by atoms with Crippen molar-refractivity contribution in [3.63, 3.8) is 0 Å². The topological polar surface area (TPSA) is 48.5 Å². The van der Waals surface area contributed by atoms with Crippen LogP contribution < -0.4 is 5.32 Å². The van der Waals surface area contributed by atoms with Gasteiger partial charge in [-0.25, -0.2) is 4.98 Å². The zero-order chi connectivity index (χ0) is 17.6. The Morgan fingerprint density at radius 3 is 2.52 bits per heavy atom. The molecular weight excluding hydrogens is 332 g/mol. The van der Waals surface area contributed by atoms with Crippen LogP contribution in [0.4, 0.5) is 0 Å². The summed E-state index contributed by atoms with van der Waals surface area (Å²) in [6.45, 7) is 9.55. The van der Waals surface area contributed by atoms with Gasteiger partial charge in [0.15, 0.2) is 0 Å². The highest BCUT2D eigenvalue weighted by Gasteiger charge is 2.20. The molecule has 0 aliphatic carbocycles. The number of carbonyl (C=O) groups excluding carboxylic acids is 1. The third-order valence-corrected chi connectivity index (χ3v) is 5.90. The average molecular weight is 361 g/mol. The number of aromatic nitrogens is 1. The largest absolute Gasteiger partial charge is 0.352 e. The summed E-state index contributed by atoms with van der Waals surface area (Å²) < 4.78 is 1.26. The zero-order valence-corrected chi connectivity index (χ0v) is 16.0. The van der Waals surface area contributed by atoms with E-state index in [1.54, 1.807) is 11.3 Å². The van der Waals surface area contributed by atoms with Gasteiger partial charge < -0.3 is 5.32 Å². The molecule has 0 radical (unpaired) electrons. The quantitative estimate of drug-likeness (QED) is 0.825. The van der Waals surface area contributed by atoms with Crippen LogP contribution in [0.1, 0.15) is 31.7 Å². The minimum Gasteiger partial charge on any atom is -0.352 e. The van der Waals surface area contributed by atoms with Crippen molar-refractivity contribution >= 4 is 27.5 Å². The number of piperazine rings is 1. The van der Waals surface area contributed by atoms with Crippen molar-refractivity contribution in [1.82, 2.24) is 20.1 Å². The summed E-state index contributed by atoms with van der Waals surface area (Å²) in [7, 11) is 0. The summed E-state index contributed by atoms with van der Waals surface area (Å²) in [4.78, 5) is 21.6. The molecule has 0 unspecified atom stereocenters. The number of thiazole rings is 1. The van der Waals surface area contributed by atoms with Crippen molar-refractivity contribution in [1.29, 1.82) is 0 Å². The summed E-state index contributed by atoms with van der Waals surface area (Å²) in [6.07, 6.45) is 2.00. The normalized spacial score (nSPS) is 16.6. The predicted molar refractivity (Wildman–Crippen MR) is 104 cm³/mol. The number of nitrogens with zero attached hydrogens (tertiary/aromatic N) is 3. The highest BCUT2D eigenvalue weighted by atomic mass is 32.1. The Balaban J connectivity index is 1.44. The molecule has 1 saturated heterocycles. The molecule has 1 fully saturated rings. The summed E-state index contributed by atoms with van der Waals surface area (Å²) >= 11 is 1.78. The fourth-order valence-electron chi connectivity index (χ4n) is 3.25. The molecule has 6 heteroatoms. The van der Waals surface area contributed by atoms with Crippen molar-refractivity contribution in [2.45, 2.75) is 39.3 Å². The van der Waals surface area contributed by atoms with Gasteiger partial charge in [-0.15, -0.1) is 11.3 Å². The molecular formula is C19H28N4OS. The highest BCUT2D eigenvalue weighted by Crippen LogP contribution is 2.22. The van der Waals surface area contributed by atoms with E-state index in [1.165, 1.54) is 9.71 Å². The van der Waals surface area contributed by atoms with E-state index in [1.807, 2.05) is 6.07 Å². The average Bonchev–Trinajstić information content (AvgIpc) is 3.03. The molecule has 5 nitrogen and oxygen atoms in total. The molecule has 2 heterocycles. The van der Waals surface area contributed by atoms with Crippen LogP contribution in [0.5, 0.6) is 0 Å². The first-order valence-electron chi connectivity index (χ1n) is 9.26. The lowest BCUT2D eigenvalue weighted by atomic mass is 10.2. The third-order valence-electron chi connectivity index (χ3n) is 4.88. The maximum atomic E-state index is 12.1. The number of carbonyl (C=O) groups is 1. The van der Waals surface area contributed by atoms with Gasteiger partial charge in [-0.2, -0.15) is 0 Å². The number of benzene rings is 1. The first-order chi connectivity index (χ1) is 12.2. The smallest absolute Gasteiger partial charge is 0.234 e. The summed E-state index contributed by atoms with van der Waals surface area (Å²) in [5.74, 6) is 0.160. The first kappa shape index (κ1) is 18.3. The lowest BCUT2D eigenvalue weighted by Crippen LogP contribution is -2.50. The number of rotatable bonds is 7. The van der Waals surface area contributed by atoms with Gasteiger partial charge in [0.2, 0.25) is 5.91 Å². The molecule has 1 aromatic heterocycles. The molecule has 25 heavy (non-hydrogen) atoms. The number of nitrogens with one attached hydrogen (secondary N) is 1. The third kappa shape index (κ3) is 5.00. The zero-order valence-electron chi connectivity index (χ0n) is 15.2. The Morgan fingerprint density at radius 2 is 1.84 bits per heavy atom. The molecule has 1 aliphatic rings. The van der Waals surface area contributed by atoms with E-state index in [0.717, 1.165) is 51.1 Å². The second kappa shape index (κ2) is 8.74. The fourth-order valence-corrected chi connectivity index (χ4v) is 4.26. The molecule has 1 amide bonds. The number of para-hydroxylation sites is 1. The van der Waals surface area contributed by atoms with Crippen LogP contribution in [0.25, 0.3) is 10.2 Å². The summed E-state index contributed by atoms with van der Waals surface area (Å²) in [5.41, 5.74) is 1.10. The standard InChI is InChI=1S/C19H28N4OS/c1-3-15(4-2)20-18(24)13-22-9-11-23(12-10-22)14-19-21-16-7-5-6-8-17(16)25-19/h5-8,15H,3-4,9-14H2,1-2H3,(H,20,24). The maximum absolute atomic E-state index is 12.1. The molecule has 1 N–H and O–H groups in total. The van der Waals surface area contributed by atoms with E-state index < -0.39 is 0 Å². The predicted octanol–water partition coefficient (Wildman–Crippen LogP) is 2.72. The molecule has 0 spiro atoms. The molecule has 0 bridgehead atoms. The van der Waals surface area contributed by atoms with E-state index in [-0.39, 0.29) is 5.91 Å².